The molecule has 0 spiro atoms. The largest absolute Gasteiger partial charge is 0.480 e. The third kappa shape index (κ3) is 2.49. The van der Waals surface area contributed by atoms with Gasteiger partial charge in [0.2, 0.25) is 0 Å². The van der Waals surface area contributed by atoms with Gasteiger partial charge in [0, 0.05) is 17.7 Å². The third-order valence-corrected chi connectivity index (χ3v) is 3.60. The molecule has 3 rings (SSSR count). The Bertz CT molecular complexity index is 669. The molecule has 1 aliphatic rings. The van der Waals surface area contributed by atoms with Crippen molar-refractivity contribution in [1.82, 2.24) is 20.1 Å². The van der Waals surface area contributed by atoms with Crippen LogP contribution in [0, 0.1) is 0 Å². The summed E-state index contributed by atoms with van der Waals surface area (Å²) in [7, 11) is 0. The molecule has 7 nitrogen and oxygen atoms in total. The second kappa shape index (κ2) is 5.35. The molecule has 0 unspecified atom stereocenters. The first-order valence-electron chi connectivity index (χ1n) is 6.66. The summed E-state index contributed by atoms with van der Waals surface area (Å²) in [6.45, 7) is 0.475. The van der Waals surface area contributed by atoms with E-state index in [0.29, 0.717) is 30.8 Å². The highest BCUT2D eigenvalue weighted by molar-refractivity contribution is 5.97. The summed E-state index contributed by atoms with van der Waals surface area (Å²) >= 11 is 0. The summed E-state index contributed by atoms with van der Waals surface area (Å²) in [5.74, 6) is -0.644. The fourth-order valence-electron chi connectivity index (χ4n) is 2.58. The molecular formula is C14H14N4O3. The van der Waals surface area contributed by atoms with Crippen molar-refractivity contribution in [2.75, 3.05) is 6.54 Å². The molecule has 0 aliphatic carbocycles. The van der Waals surface area contributed by atoms with Gasteiger partial charge in [-0.1, -0.05) is 12.1 Å². The lowest BCUT2D eigenvalue weighted by Gasteiger charge is -2.21. The topological polar surface area (TPSA) is 99.2 Å². The molecule has 1 saturated heterocycles. The number of amides is 1. The average Bonchev–Trinajstić information content (AvgIpc) is 3.17. The van der Waals surface area contributed by atoms with Crippen molar-refractivity contribution in [3.05, 3.63) is 36.2 Å². The minimum atomic E-state index is -0.952. The van der Waals surface area contributed by atoms with Crippen LogP contribution in [0.4, 0.5) is 0 Å². The number of hydrogen-bond acceptors (Lipinski definition) is 4. The highest BCUT2D eigenvalue weighted by Crippen LogP contribution is 2.22. The summed E-state index contributed by atoms with van der Waals surface area (Å²) < 4.78 is 0. The van der Waals surface area contributed by atoms with E-state index in [1.165, 1.54) is 11.2 Å². The van der Waals surface area contributed by atoms with Gasteiger partial charge < -0.3 is 10.0 Å². The molecule has 2 heterocycles. The Morgan fingerprint density at radius 2 is 2.24 bits per heavy atom. The summed E-state index contributed by atoms with van der Waals surface area (Å²) in [5, 5.41) is 15.7. The van der Waals surface area contributed by atoms with E-state index in [2.05, 4.69) is 15.2 Å². The zero-order valence-corrected chi connectivity index (χ0v) is 11.2. The van der Waals surface area contributed by atoms with Gasteiger partial charge in [-0.2, -0.15) is 5.10 Å². The molecule has 2 aromatic rings. The molecule has 2 N–H and O–H groups in total. The Labute approximate surface area is 120 Å². The Morgan fingerprint density at radius 1 is 1.38 bits per heavy atom. The molecule has 1 aliphatic heterocycles. The number of carbonyl (C=O) groups excluding carboxylic acids is 1. The minimum Gasteiger partial charge on any atom is -0.480 e. The maximum absolute atomic E-state index is 12.5. The second-order valence-corrected chi connectivity index (χ2v) is 4.91. The molecule has 1 aromatic carbocycles. The Hall–Kier alpha value is -2.70. The van der Waals surface area contributed by atoms with E-state index < -0.39 is 12.0 Å². The number of carboxylic acids is 1. The number of rotatable bonds is 3. The zero-order chi connectivity index (χ0) is 14.8. The first-order chi connectivity index (χ1) is 10.2. The fourth-order valence-corrected chi connectivity index (χ4v) is 2.58. The number of likely N-dealkylation sites (tertiary alicyclic amines) is 1. The number of nitrogens with one attached hydrogen (secondary N) is 1. The van der Waals surface area contributed by atoms with Crippen LogP contribution in [0.5, 0.6) is 0 Å². The van der Waals surface area contributed by atoms with Crippen LogP contribution < -0.4 is 0 Å². The second-order valence-electron chi connectivity index (χ2n) is 4.91. The van der Waals surface area contributed by atoms with Gasteiger partial charge in [0.25, 0.3) is 5.91 Å². The lowest BCUT2D eigenvalue weighted by Crippen LogP contribution is -2.40. The first kappa shape index (κ1) is 13.3. The molecule has 0 bridgehead atoms. The van der Waals surface area contributed by atoms with Gasteiger partial charge in [0.1, 0.15) is 12.4 Å². The minimum absolute atomic E-state index is 0.263. The number of aromatic amines is 1. The number of aliphatic carboxylic acids is 1. The molecule has 1 amide bonds. The fraction of sp³-hybridized carbons (Fsp3) is 0.286. The van der Waals surface area contributed by atoms with E-state index in [0.717, 1.165) is 5.56 Å². The molecule has 1 aromatic heterocycles. The van der Waals surface area contributed by atoms with Gasteiger partial charge in [-0.3, -0.25) is 9.89 Å². The van der Waals surface area contributed by atoms with E-state index in [9.17, 15) is 9.59 Å². The van der Waals surface area contributed by atoms with Crippen molar-refractivity contribution in [3.63, 3.8) is 0 Å². The summed E-state index contributed by atoms with van der Waals surface area (Å²) in [6, 6.07) is 6.21. The maximum atomic E-state index is 12.5. The standard InChI is InChI=1S/C14H14N4O3/c19-13(18-6-2-5-11(18)14(20)21)10-4-1-3-9(7-10)12-15-8-16-17-12/h1,3-4,7-8,11H,2,5-6H2,(H,20,21)(H,15,16,17)/t11-/m0/s1. The highest BCUT2D eigenvalue weighted by Gasteiger charge is 2.34. The molecule has 0 radical (unpaired) electrons. The summed E-state index contributed by atoms with van der Waals surface area (Å²) in [6.07, 6.45) is 2.61. The van der Waals surface area contributed by atoms with Crippen LogP contribution in [-0.2, 0) is 4.79 Å². The highest BCUT2D eigenvalue weighted by atomic mass is 16.4. The van der Waals surface area contributed by atoms with Crippen molar-refractivity contribution >= 4 is 11.9 Å². The number of benzene rings is 1. The van der Waals surface area contributed by atoms with E-state index >= 15 is 0 Å². The SMILES string of the molecule is O=C(O)[C@@H]1CCCN1C(=O)c1cccc(-c2ncn[nH]2)c1. The van der Waals surface area contributed by atoms with E-state index in [1.807, 2.05) is 6.07 Å². The average molecular weight is 286 g/mol. The predicted molar refractivity (Wildman–Crippen MR) is 73.5 cm³/mol. The molecule has 1 fully saturated rings. The number of nitrogens with zero attached hydrogens (tertiary/aromatic N) is 3. The zero-order valence-electron chi connectivity index (χ0n) is 11.2. The van der Waals surface area contributed by atoms with E-state index in [-0.39, 0.29) is 5.91 Å². The number of hydrogen-bond donors (Lipinski definition) is 2. The van der Waals surface area contributed by atoms with Crippen molar-refractivity contribution < 1.29 is 14.7 Å². The Balaban J connectivity index is 1.88. The van der Waals surface area contributed by atoms with Gasteiger partial charge in [-0.25, -0.2) is 9.78 Å². The third-order valence-electron chi connectivity index (χ3n) is 3.60. The van der Waals surface area contributed by atoms with Crippen LogP contribution in [0.25, 0.3) is 11.4 Å². The van der Waals surface area contributed by atoms with Gasteiger partial charge in [-0.15, -0.1) is 0 Å². The van der Waals surface area contributed by atoms with Crippen LogP contribution >= 0.6 is 0 Å². The summed E-state index contributed by atoms with van der Waals surface area (Å²) in [5.41, 5.74) is 1.20. The number of aromatic nitrogens is 3. The molecule has 0 saturated carbocycles. The molecular weight excluding hydrogens is 272 g/mol. The smallest absolute Gasteiger partial charge is 0.326 e. The number of H-pyrrole nitrogens is 1. The van der Waals surface area contributed by atoms with Gasteiger partial charge in [0.15, 0.2) is 5.82 Å². The lowest BCUT2D eigenvalue weighted by molar-refractivity contribution is -0.141. The quantitative estimate of drug-likeness (QED) is 0.882. The van der Waals surface area contributed by atoms with E-state index in [1.54, 1.807) is 18.2 Å². The van der Waals surface area contributed by atoms with Crippen LogP contribution in [0.3, 0.4) is 0 Å². The van der Waals surface area contributed by atoms with Crippen LogP contribution in [-0.4, -0.2) is 49.7 Å². The predicted octanol–water partition coefficient (Wildman–Crippen LogP) is 1.16. The van der Waals surface area contributed by atoms with Crippen molar-refractivity contribution in [2.45, 2.75) is 18.9 Å². The van der Waals surface area contributed by atoms with Gasteiger partial charge in [0.05, 0.1) is 0 Å². The van der Waals surface area contributed by atoms with Crippen LogP contribution in [0.1, 0.15) is 23.2 Å². The maximum Gasteiger partial charge on any atom is 0.326 e. The van der Waals surface area contributed by atoms with Crippen molar-refractivity contribution in [3.8, 4) is 11.4 Å². The van der Waals surface area contributed by atoms with Crippen LogP contribution in [0.15, 0.2) is 30.6 Å². The van der Waals surface area contributed by atoms with Gasteiger partial charge >= 0.3 is 5.97 Å². The molecule has 108 valence electrons. The van der Waals surface area contributed by atoms with Crippen molar-refractivity contribution in [2.24, 2.45) is 0 Å². The first-order valence-corrected chi connectivity index (χ1v) is 6.66. The lowest BCUT2D eigenvalue weighted by atomic mass is 10.1. The Kier molecular flexibility index (Phi) is 3.39. The summed E-state index contributed by atoms with van der Waals surface area (Å²) in [4.78, 5) is 29.1. The van der Waals surface area contributed by atoms with Gasteiger partial charge in [-0.05, 0) is 25.0 Å². The van der Waals surface area contributed by atoms with Crippen LogP contribution in [0.2, 0.25) is 0 Å². The Morgan fingerprint density at radius 3 is 2.95 bits per heavy atom. The van der Waals surface area contributed by atoms with Crippen molar-refractivity contribution in [1.29, 1.82) is 0 Å². The molecule has 7 heteroatoms. The normalized spacial score (nSPS) is 17.9. The number of carbonyl (C=O) groups is 2. The molecule has 21 heavy (non-hydrogen) atoms. The monoisotopic (exact) mass is 286 g/mol. The molecule has 1 atom stereocenters. The van der Waals surface area contributed by atoms with E-state index in [4.69, 9.17) is 5.11 Å². The number of carboxylic acid groups (broad SMARTS) is 1.